The molecule has 2 heterocycles. The molecule has 3 rings (SSSR count). The SMILES string of the molecule is CCC[C@H](C)NC1CCN(c2ccc(NC(=O)c3ccco3)c(C)c2)C1. The first-order valence-electron chi connectivity index (χ1n) is 9.53. The van der Waals surface area contributed by atoms with Gasteiger partial charge in [-0.15, -0.1) is 0 Å². The molecule has 0 spiro atoms. The van der Waals surface area contributed by atoms with Crippen molar-refractivity contribution in [1.82, 2.24) is 5.32 Å². The van der Waals surface area contributed by atoms with Gasteiger partial charge in [-0.3, -0.25) is 4.79 Å². The molecule has 5 nitrogen and oxygen atoms in total. The highest BCUT2D eigenvalue weighted by Gasteiger charge is 2.24. The summed E-state index contributed by atoms with van der Waals surface area (Å²) in [6.45, 7) is 8.62. The van der Waals surface area contributed by atoms with Crippen molar-refractivity contribution in [2.75, 3.05) is 23.3 Å². The van der Waals surface area contributed by atoms with E-state index in [-0.39, 0.29) is 5.91 Å². The largest absolute Gasteiger partial charge is 0.459 e. The number of hydrogen-bond acceptors (Lipinski definition) is 4. The molecule has 1 aromatic heterocycles. The van der Waals surface area contributed by atoms with E-state index in [0.717, 1.165) is 24.3 Å². The van der Waals surface area contributed by atoms with Crippen LogP contribution in [0.25, 0.3) is 0 Å². The molecular formula is C21H29N3O2. The van der Waals surface area contributed by atoms with E-state index in [1.54, 1.807) is 12.1 Å². The Labute approximate surface area is 155 Å². The molecule has 1 unspecified atom stereocenters. The van der Waals surface area contributed by atoms with E-state index in [1.807, 2.05) is 13.0 Å². The Bertz CT molecular complexity index is 727. The Balaban J connectivity index is 1.60. The first-order chi connectivity index (χ1) is 12.6. The molecule has 1 aromatic carbocycles. The van der Waals surface area contributed by atoms with Crippen LogP contribution in [-0.4, -0.2) is 31.1 Å². The Hall–Kier alpha value is -2.27. The third-order valence-electron chi connectivity index (χ3n) is 5.00. The summed E-state index contributed by atoms with van der Waals surface area (Å²) >= 11 is 0. The van der Waals surface area contributed by atoms with E-state index < -0.39 is 0 Å². The third-order valence-corrected chi connectivity index (χ3v) is 5.00. The predicted octanol–water partition coefficient (Wildman–Crippen LogP) is 4.20. The number of carbonyl (C=O) groups is 1. The lowest BCUT2D eigenvalue weighted by Gasteiger charge is -2.22. The number of amides is 1. The van der Waals surface area contributed by atoms with Crippen LogP contribution >= 0.6 is 0 Å². The van der Waals surface area contributed by atoms with E-state index >= 15 is 0 Å². The van der Waals surface area contributed by atoms with Crippen molar-refractivity contribution in [3.8, 4) is 0 Å². The van der Waals surface area contributed by atoms with E-state index in [4.69, 9.17) is 4.42 Å². The molecule has 0 radical (unpaired) electrons. The van der Waals surface area contributed by atoms with Gasteiger partial charge in [-0.1, -0.05) is 13.3 Å². The van der Waals surface area contributed by atoms with Crippen LogP contribution in [0.5, 0.6) is 0 Å². The first-order valence-corrected chi connectivity index (χ1v) is 9.53. The first kappa shape index (κ1) is 18.5. The second kappa shape index (κ2) is 8.41. The zero-order chi connectivity index (χ0) is 18.5. The van der Waals surface area contributed by atoms with Gasteiger partial charge in [0.2, 0.25) is 0 Å². The normalized spacial score (nSPS) is 18.1. The average Bonchev–Trinajstić information content (AvgIpc) is 3.28. The Morgan fingerprint density at radius 3 is 2.92 bits per heavy atom. The zero-order valence-corrected chi connectivity index (χ0v) is 15.9. The number of furan rings is 1. The van der Waals surface area contributed by atoms with Crippen LogP contribution in [0.15, 0.2) is 41.0 Å². The van der Waals surface area contributed by atoms with E-state index in [9.17, 15) is 4.79 Å². The van der Waals surface area contributed by atoms with Crippen molar-refractivity contribution < 1.29 is 9.21 Å². The van der Waals surface area contributed by atoms with Gasteiger partial charge in [0.15, 0.2) is 5.76 Å². The maximum atomic E-state index is 12.1. The van der Waals surface area contributed by atoms with Crippen LogP contribution in [0.4, 0.5) is 11.4 Å². The fourth-order valence-corrected chi connectivity index (χ4v) is 3.63. The Morgan fingerprint density at radius 2 is 2.23 bits per heavy atom. The summed E-state index contributed by atoms with van der Waals surface area (Å²) < 4.78 is 5.15. The minimum atomic E-state index is -0.221. The molecular weight excluding hydrogens is 326 g/mol. The molecule has 2 aromatic rings. The summed E-state index contributed by atoms with van der Waals surface area (Å²) in [6.07, 6.45) is 5.11. The fraction of sp³-hybridized carbons (Fsp3) is 0.476. The molecule has 1 aliphatic heterocycles. The lowest BCUT2D eigenvalue weighted by molar-refractivity contribution is 0.0996. The summed E-state index contributed by atoms with van der Waals surface area (Å²) in [7, 11) is 0. The van der Waals surface area contributed by atoms with Gasteiger partial charge in [-0.2, -0.15) is 0 Å². The van der Waals surface area contributed by atoms with Gasteiger partial charge < -0.3 is 20.0 Å². The molecule has 1 saturated heterocycles. The van der Waals surface area contributed by atoms with Crippen LogP contribution in [0.2, 0.25) is 0 Å². The van der Waals surface area contributed by atoms with E-state index in [0.29, 0.717) is 17.8 Å². The fourth-order valence-electron chi connectivity index (χ4n) is 3.63. The van der Waals surface area contributed by atoms with Gasteiger partial charge in [0, 0.05) is 36.5 Å². The molecule has 2 N–H and O–H groups in total. The van der Waals surface area contributed by atoms with Gasteiger partial charge in [0.25, 0.3) is 5.91 Å². The highest BCUT2D eigenvalue weighted by Crippen LogP contribution is 2.26. The summed E-state index contributed by atoms with van der Waals surface area (Å²) in [4.78, 5) is 14.6. The predicted molar refractivity (Wildman–Crippen MR) is 106 cm³/mol. The third kappa shape index (κ3) is 4.47. The summed E-state index contributed by atoms with van der Waals surface area (Å²) in [5.41, 5.74) is 3.09. The van der Waals surface area contributed by atoms with Crippen LogP contribution in [0, 0.1) is 6.92 Å². The number of nitrogens with one attached hydrogen (secondary N) is 2. The van der Waals surface area contributed by atoms with Crippen molar-refractivity contribution in [1.29, 1.82) is 0 Å². The summed E-state index contributed by atoms with van der Waals surface area (Å²) in [6, 6.07) is 10.7. The number of rotatable bonds is 7. The van der Waals surface area contributed by atoms with Crippen molar-refractivity contribution >= 4 is 17.3 Å². The van der Waals surface area contributed by atoms with Crippen LogP contribution in [0.1, 0.15) is 49.2 Å². The van der Waals surface area contributed by atoms with Gasteiger partial charge in [-0.25, -0.2) is 0 Å². The lowest BCUT2D eigenvalue weighted by Crippen LogP contribution is -2.38. The van der Waals surface area contributed by atoms with E-state index in [2.05, 4.69) is 41.5 Å². The molecule has 0 bridgehead atoms. The molecule has 2 atom stereocenters. The maximum Gasteiger partial charge on any atom is 0.291 e. The average molecular weight is 355 g/mol. The van der Waals surface area contributed by atoms with Crippen LogP contribution in [0.3, 0.4) is 0 Å². The number of benzene rings is 1. The number of nitrogens with zero attached hydrogens (tertiary/aromatic N) is 1. The molecule has 1 amide bonds. The minimum Gasteiger partial charge on any atom is -0.459 e. The molecule has 140 valence electrons. The molecule has 26 heavy (non-hydrogen) atoms. The molecule has 5 heteroatoms. The Morgan fingerprint density at radius 1 is 1.38 bits per heavy atom. The van der Waals surface area contributed by atoms with Gasteiger partial charge in [-0.05, 0) is 62.6 Å². The van der Waals surface area contributed by atoms with Gasteiger partial charge in [0.05, 0.1) is 6.26 Å². The second-order valence-corrected chi connectivity index (χ2v) is 7.22. The van der Waals surface area contributed by atoms with Crippen molar-refractivity contribution in [2.24, 2.45) is 0 Å². The molecule has 0 saturated carbocycles. The van der Waals surface area contributed by atoms with Crippen molar-refractivity contribution in [2.45, 2.75) is 52.1 Å². The number of aryl methyl sites for hydroxylation is 1. The lowest BCUT2D eigenvalue weighted by atomic mass is 10.1. The molecule has 1 fully saturated rings. The smallest absolute Gasteiger partial charge is 0.291 e. The molecule has 1 aliphatic rings. The second-order valence-electron chi connectivity index (χ2n) is 7.22. The summed E-state index contributed by atoms with van der Waals surface area (Å²) in [5.74, 6) is 0.101. The summed E-state index contributed by atoms with van der Waals surface area (Å²) in [5, 5.41) is 6.65. The van der Waals surface area contributed by atoms with Gasteiger partial charge in [0.1, 0.15) is 0 Å². The van der Waals surface area contributed by atoms with Crippen LogP contribution in [-0.2, 0) is 0 Å². The minimum absolute atomic E-state index is 0.221. The number of anilines is 2. The van der Waals surface area contributed by atoms with Crippen LogP contribution < -0.4 is 15.5 Å². The standard InChI is InChI=1S/C21H29N3O2/c1-4-6-16(3)22-17-10-11-24(14-17)18-8-9-19(15(2)13-18)23-21(25)20-7-5-12-26-20/h5,7-9,12-13,16-17,22H,4,6,10-11,14H2,1-3H3,(H,23,25)/t16-,17?/m0/s1. The maximum absolute atomic E-state index is 12.1. The zero-order valence-electron chi connectivity index (χ0n) is 15.9. The number of hydrogen-bond donors (Lipinski definition) is 2. The monoisotopic (exact) mass is 355 g/mol. The van der Waals surface area contributed by atoms with Crippen molar-refractivity contribution in [3.05, 3.63) is 47.9 Å². The van der Waals surface area contributed by atoms with Crippen molar-refractivity contribution in [3.63, 3.8) is 0 Å². The Kier molecular flexibility index (Phi) is 5.99. The quantitative estimate of drug-likeness (QED) is 0.782. The van der Waals surface area contributed by atoms with E-state index in [1.165, 1.54) is 31.2 Å². The highest BCUT2D eigenvalue weighted by atomic mass is 16.3. The number of carbonyl (C=O) groups excluding carboxylic acids is 1. The topological polar surface area (TPSA) is 57.5 Å². The van der Waals surface area contributed by atoms with Gasteiger partial charge >= 0.3 is 0 Å². The molecule has 0 aliphatic carbocycles. The highest BCUT2D eigenvalue weighted by molar-refractivity contribution is 6.02.